The number of aliphatic hydroxyl groups is 1. The second-order valence-corrected chi connectivity index (χ2v) is 11.0. The average Bonchev–Trinajstić information content (AvgIpc) is 2.87. The van der Waals surface area contributed by atoms with Gasteiger partial charge >= 0.3 is 5.97 Å². The van der Waals surface area contributed by atoms with Crippen molar-refractivity contribution in [2.45, 2.75) is 71.6 Å². The van der Waals surface area contributed by atoms with Crippen LogP contribution in [0.15, 0.2) is 60.7 Å². The van der Waals surface area contributed by atoms with Crippen LogP contribution in [0.1, 0.15) is 79.3 Å². The standard InChI is InChI=1S/C32H40FNO4/c1-20(2)29-16-24(13-14-28(29)31(36)37)27-10-8-7-9-26(27)22(4)38-19-25(35)18-34-32(5,6)17-23-12-11-21(3)30(33)15-23/h7-16,20,22,25,34-35H,17-19H2,1-6H3,(H,36,37)/t22-,25-/m1/s1. The number of rotatable bonds is 12. The van der Waals surface area contributed by atoms with Crippen LogP contribution < -0.4 is 5.32 Å². The Balaban J connectivity index is 1.63. The van der Waals surface area contributed by atoms with Crippen molar-refractivity contribution in [2.24, 2.45) is 0 Å². The lowest BCUT2D eigenvalue weighted by atomic mass is 9.90. The van der Waals surface area contributed by atoms with Crippen LogP contribution in [0.3, 0.4) is 0 Å². The van der Waals surface area contributed by atoms with Gasteiger partial charge in [-0.1, -0.05) is 62.4 Å². The quantitative estimate of drug-likeness (QED) is 0.248. The third kappa shape index (κ3) is 7.73. The molecular formula is C32H40FNO4. The number of aromatic carboxylic acids is 1. The second-order valence-electron chi connectivity index (χ2n) is 11.0. The summed E-state index contributed by atoms with van der Waals surface area (Å²) in [4.78, 5) is 11.7. The lowest BCUT2D eigenvalue weighted by Gasteiger charge is -2.28. The molecule has 0 amide bonds. The number of carbonyl (C=O) groups is 1. The molecule has 0 bridgehead atoms. The van der Waals surface area contributed by atoms with E-state index in [0.717, 1.165) is 27.8 Å². The fourth-order valence-corrected chi connectivity index (χ4v) is 4.63. The van der Waals surface area contributed by atoms with Crippen LogP contribution in [0, 0.1) is 12.7 Å². The van der Waals surface area contributed by atoms with E-state index < -0.39 is 12.1 Å². The highest BCUT2D eigenvalue weighted by Crippen LogP contribution is 2.33. The highest BCUT2D eigenvalue weighted by atomic mass is 19.1. The van der Waals surface area contributed by atoms with E-state index in [1.54, 1.807) is 25.1 Å². The van der Waals surface area contributed by atoms with Gasteiger partial charge in [-0.15, -0.1) is 0 Å². The topological polar surface area (TPSA) is 78.8 Å². The van der Waals surface area contributed by atoms with E-state index in [1.807, 2.05) is 77.1 Å². The second kappa shape index (κ2) is 12.7. The summed E-state index contributed by atoms with van der Waals surface area (Å²) < 4.78 is 20.0. The minimum Gasteiger partial charge on any atom is -0.478 e. The third-order valence-corrected chi connectivity index (χ3v) is 6.85. The Bertz CT molecular complexity index is 1250. The summed E-state index contributed by atoms with van der Waals surface area (Å²) in [5.74, 6) is -1.07. The van der Waals surface area contributed by atoms with Crippen molar-refractivity contribution in [1.82, 2.24) is 5.32 Å². The van der Waals surface area contributed by atoms with Crippen LogP contribution >= 0.6 is 0 Å². The largest absolute Gasteiger partial charge is 0.478 e. The van der Waals surface area contributed by atoms with Gasteiger partial charge in [-0.2, -0.15) is 0 Å². The fraction of sp³-hybridized carbons (Fsp3) is 0.406. The van der Waals surface area contributed by atoms with E-state index in [1.165, 1.54) is 0 Å². The summed E-state index contributed by atoms with van der Waals surface area (Å²) in [5, 5.41) is 23.6. The first kappa shape index (κ1) is 29.5. The third-order valence-electron chi connectivity index (χ3n) is 6.85. The number of nitrogens with one attached hydrogen (secondary N) is 1. The molecule has 0 radical (unpaired) electrons. The number of benzene rings is 3. The maximum atomic E-state index is 13.9. The minimum atomic E-state index is -0.929. The molecule has 3 rings (SSSR count). The highest BCUT2D eigenvalue weighted by Gasteiger charge is 2.21. The number of ether oxygens (including phenoxy) is 1. The SMILES string of the molecule is Cc1ccc(CC(C)(C)NC[C@@H](O)CO[C@H](C)c2ccccc2-c2ccc(C(=O)O)c(C(C)C)c2)cc1F. The minimum absolute atomic E-state index is 0.0683. The normalized spacial score (nSPS) is 13.5. The zero-order valence-electron chi connectivity index (χ0n) is 23.2. The van der Waals surface area contributed by atoms with Gasteiger partial charge in [0.1, 0.15) is 5.82 Å². The van der Waals surface area contributed by atoms with Crippen molar-refractivity contribution in [3.63, 3.8) is 0 Å². The summed E-state index contributed by atoms with van der Waals surface area (Å²) in [6, 6.07) is 18.6. The molecule has 2 atom stereocenters. The van der Waals surface area contributed by atoms with Gasteiger partial charge in [-0.3, -0.25) is 0 Å². The summed E-state index contributed by atoms with van der Waals surface area (Å²) in [7, 11) is 0. The summed E-state index contributed by atoms with van der Waals surface area (Å²) in [5.41, 5.74) is 5.16. The maximum absolute atomic E-state index is 13.9. The lowest BCUT2D eigenvalue weighted by Crippen LogP contribution is -2.46. The van der Waals surface area contributed by atoms with Crippen molar-refractivity contribution in [3.05, 3.63) is 94.3 Å². The molecule has 0 unspecified atom stereocenters. The molecule has 3 aromatic rings. The molecule has 0 spiro atoms. The molecule has 0 aromatic heterocycles. The molecule has 3 aromatic carbocycles. The van der Waals surface area contributed by atoms with E-state index in [9.17, 15) is 19.4 Å². The number of β-amino-alcohol motifs (C(OH)–C–C–N with tert-alkyl or cyclic N) is 1. The van der Waals surface area contributed by atoms with E-state index >= 15 is 0 Å². The molecule has 3 N–H and O–H groups in total. The van der Waals surface area contributed by atoms with Gasteiger partial charge in [-0.05, 0) is 85.5 Å². The average molecular weight is 522 g/mol. The fourth-order valence-electron chi connectivity index (χ4n) is 4.63. The summed E-state index contributed by atoms with van der Waals surface area (Å²) in [6.45, 7) is 12.2. The van der Waals surface area contributed by atoms with Gasteiger partial charge in [0.15, 0.2) is 0 Å². The number of hydrogen-bond acceptors (Lipinski definition) is 4. The Morgan fingerprint density at radius 2 is 1.74 bits per heavy atom. The van der Waals surface area contributed by atoms with Crippen LogP contribution in [0.4, 0.5) is 4.39 Å². The van der Waals surface area contributed by atoms with Crippen molar-refractivity contribution in [3.8, 4) is 11.1 Å². The predicted molar refractivity (Wildman–Crippen MR) is 150 cm³/mol. The monoisotopic (exact) mass is 521 g/mol. The van der Waals surface area contributed by atoms with Crippen LogP contribution in [0.25, 0.3) is 11.1 Å². The van der Waals surface area contributed by atoms with Crippen molar-refractivity contribution < 1.29 is 24.1 Å². The van der Waals surface area contributed by atoms with E-state index in [-0.39, 0.29) is 30.0 Å². The van der Waals surface area contributed by atoms with Crippen LogP contribution in [-0.2, 0) is 11.2 Å². The first-order chi connectivity index (χ1) is 17.9. The Morgan fingerprint density at radius 3 is 2.39 bits per heavy atom. The van der Waals surface area contributed by atoms with E-state index in [4.69, 9.17) is 4.74 Å². The van der Waals surface area contributed by atoms with Crippen molar-refractivity contribution in [1.29, 1.82) is 0 Å². The molecule has 0 aliphatic rings. The van der Waals surface area contributed by atoms with Crippen molar-refractivity contribution >= 4 is 5.97 Å². The van der Waals surface area contributed by atoms with Crippen molar-refractivity contribution in [2.75, 3.05) is 13.2 Å². The Morgan fingerprint density at radius 1 is 1.03 bits per heavy atom. The number of carboxylic acids is 1. The Hall–Kier alpha value is -3.06. The lowest BCUT2D eigenvalue weighted by molar-refractivity contribution is -0.00397. The zero-order valence-corrected chi connectivity index (χ0v) is 23.2. The molecular weight excluding hydrogens is 481 g/mol. The summed E-state index contributed by atoms with van der Waals surface area (Å²) >= 11 is 0. The number of aliphatic hydroxyl groups excluding tert-OH is 1. The zero-order chi connectivity index (χ0) is 28.0. The van der Waals surface area contributed by atoms with Gasteiger partial charge in [0.05, 0.1) is 24.4 Å². The molecule has 0 aliphatic carbocycles. The molecule has 38 heavy (non-hydrogen) atoms. The van der Waals surface area contributed by atoms with Crippen LogP contribution in [-0.4, -0.2) is 41.0 Å². The molecule has 5 nitrogen and oxygen atoms in total. The highest BCUT2D eigenvalue weighted by molar-refractivity contribution is 5.90. The predicted octanol–water partition coefficient (Wildman–Crippen LogP) is 6.67. The van der Waals surface area contributed by atoms with E-state index in [0.29, 0.717) is 24.1 Å². The van der Waals surface area contributed by atoms with Gasteiger partial charge in [0, 0.05) is 12.1 Å². The van der Waals surface area contributed by atoms with Crippen LogP contribution in [0.2, 0.25) is 0 Å². The molecule has 0 saturated carbocycles. The smallest absolute Gasteiger partial charge is 0.335 e. The summed E-state index contributed by atoms with van der Waals surface area (Å²) in [6.07, 6.45) is -0.382. The van der Waals surface area contributed by atoms with Gasteiger partial charge in [-0.25, -0.2) is 9.18 Å². The molecule has 0 fully saturated rings. The first-order valence-electron chi connectivity index (χ1n) is 13.1. The maximum Gasteiger partial charge on any atom is 0.335 e. The first-order valence-corrected chi connectivity index (χ1v) is 13.1. The van der Waals surface area contributed by atoms with Gasteiger partial charge in [0.2, 0.25) is 0 Å². The molecule has 6 heteroatoms. The van der Waals surface area contributed by atoms with Gasteiger partial charge < -0.3 is 20.3 Å². The molecule has 0 aliphatic heterocycles. The van der Waals surface area contributed by atoms with Crippen LogP contribution in [0.5, 0.6) is 0 Å². The molecule has 0 heterocycles. The Labute approximate surface area is 225 Å². The number of halogens is 1. The Kier molecular flexibility index (Phi) is 9.82. The molecule has 0 saturated heterocycles. The molecule has 204 valence electrons. The number of aryl methyl sites for hydroxylation is 1. The number of hydrogen-bond donors (Lipinski definition) is 3. The van der Waals surface area contributed by atoms with Gasteiger partial charge in [0.25, 0.3) is 0 Å². The number of carboxylic acid groups (broad SMARTS) is 1. The van der Waals surface area contributed by atoms with E-state index in [2.05, 4.69) is 5.32 Å².